The number of ether oxygens (including phenoxy) is 4. The fourth-order valence-electron chi connectivity index (χ4n) is 5.47. The molecular weight excluding hydrogens is 564 g/mol. The van der Waals surface area contributed by atoms with E-state index in [0.717, 1.165) is 11.1 Å². The lowest BCUT2D eigenvalue weighted by Gasteiger charge is -2.25. The molecule has 0 aromatic heterocycles. The van der Waals surface area contributed by atoms with Gasteiger partial charge in [0.2, 0.25) is 0 Å². The normalized spacial score (nSPS) is 23.9. The fourth-order valence-corrected chi connectivity index (χ4v) is 5.47. The van der Waals surface area contributed by atoms with E-state index in [2.05, 4.69) is 18.9 Å². The van der Waals surface area contributed by atoms with Crippen LogP contribution in [-0.2, 0) is 44.5 Å². The number of esters is 8. The Hall–Kier alpha value is -5.00. The van der Waals surface area contributed by atoms with Crippen molar-refractivity contribution >= 4 is 47.8 Å². The number of hydrogen-bond donors (Lipinski definition) is 0. The summed E-state index contributed by atoms with van der Waals surface area (Å²) in [4.78, 5) is 91.2. The lowest BCUT2D eigenvalue weighted by atomic mass is 9.70. The van der Waals surface area contributed by atoms with Crippen LogP contribution in [0.25, 0.3) is 0 Å². The van der Waals surface area contributed by atoms with Gasteiger partial charge >= 0.3 is 47.8 Å². The maximum atomic E-state index is 11.6. The largest absolute Gasteiger partial charge is 0.393 e. The molecule has 1 aliphatic carbocycles. The molecule has 0 N–H and O–H groups in total. The van der Waals surface area contributed by atoms with E-state index >= 15 is 0 Å². The highest BCUT2D eigenvalue weighted by Crippen LogP contribution is 2.46. The van der Waals surface area contributed by atoms with E-state index < -0.39 is 71.4 Å². The van der Waals surface area contributed by atoms with Crippen LogP contribution in [0.1, 0.15) is 93.1 Å². The minimum absolute atomic E-state index is 0.185. The molecule has 2 aromatic carbocycles. The van der Waals surface area contributed by atoms with Gasteiger partial charge in [-0.1, -0.05) is 39.8 Å². The van der Waals surface area contributed by atoms with Crippen molar-refractivity contribution in [2.45, 2.75) is 47.0 Å². The molecule has 4 aliphatic heterocycles. The van der Waals surface area contributed by atoms with Crippen LogP contribution in [0.5, 0.6) is 0 Å². The zero-order valence-electron chi connectivity index (χ0n) is 23.8. The van der Waals surface area contributed by atoms with Crippen molar-refractivity contribution in [3.63, 3.8) is 0 Å². The summed E-state index contributed by atoms with van der Waals surface area (Å²) in [5.41, 5.74) is 2.55. The summed E-state index contributed by atoms with van der Waals surface area (Å²) >= 11 is 0. The maximum absolute atomic E-state index is 11.6. The van der Waals surface area contributed by atoms with Gasteiger partial charge in [0.25, 0.3) is 0 Å². The molecule has 0 spiro atoms. The van der Waals surface area contributed by atoms with E-state index in [1.54, 1.807) is 36.4 Å². The zero-order chi connectivity index (χ0) is 31.6. The Labute approximate surface area is 245 Å². The van der Waals surface area contributed by atoms with Gasteiger partial charge in [0.15, 0.2) is 0 Å². The third kappa shape index (κ3) is 5.72. The number of benzene rings is 2. The molecule has 2 aromatic rings. The summed E-state index contributed by atoms with van der Waals surface area (Å²) in [6.45, 7) is 8.00. The van der Waals surface area contributed by atoms with Gasteiger partial charge in [0.1, 0.15) is 0 Å². The van der Waals surface area contributed by atoms with E-state index in [4.69, 9.17) is 0 Å². The van der Waals surface area contributed by atoms with Crippen LogP contribution in [0.3, 0.4) is 0 Å². The van der Waals surface area contributed by atoms with Crippen molar-refractivity contribution in [1.29, 1.82) is 0 Å². The second-order valence-electron chi connectivity index (χ2n) is 9.67. The molecular formula is C31H28O12. The molecule has 5 aliphatic rings. The van der Waals surface area contributed by atoms with Crippen molar-refractivity contribution in [3.8, 4) is 0 Å². The zero-order valence-corrected chi connectivity index (χ0v) is 23.8. The molecule has 12 nitrogen and oxygen atoms in total. The average molecular weight is 593 g/mol. The lowest BCUT2D eigenvalue weighted by molar-refractivity contribution is -0.154. The van der Waals surface area contributed by atoms with Gasteiger partial charge in [0, 0.05) is 0 Å². The topological polar surface area (TPSA) is 173 Å². The number of hydrogen-bond acceptors (Lipinski definition) is 12. The molecule has 2 saturated heterocycles. The number of carbonyl (C=O) groups excluding carboxylic acids is 8. The summed E-state index contributed by atoms with van der Waals surface area (Å²) < 4.78 is 18.1. The van der Waals surface area contributed by atoms with Crippen molar-refractivity contribution in [2.24, 2.45) is 23.7 Å². The maximum Gasteiger partial charge on any atom is 0.346 e. The summed E-state index contributed by atoms with van der Waals surface area (Å²) in [6.07, 6.45) is 0.804. The van der Waals surface area contributed by atoms with Gasteiger partial charge in [-0.25, -0.2) is 19.2 Å². The van der Waals surface area contributed by atoms with Crippen LogP contribution in [0.4, 0.5) is 0 Å². The van der Waals surface area contributed by atoms with Crippen LogP contribution < -0.4 is 0 Å². The molecule has 1 saturated carbocycles. The van der Waals surface area contributed by atoms with Crippen LogP contribution >= 0.6 is 0 Å². The van der Waals surface area contributed by atoms with Crippen molar-refractivity contribution in [3.05, 3.63) is 69.8 Å². The SMILES string of the molecule is CC.CC.O=C1OC(=O)C2CC3C(=O)OC(=O)C3CC12.O=C1OC(=O)c2cc(Cc3ccc4c(c3)C(=O)OC4=O)ccc21. The first kappa shape index (κ1) is 30.9. The quantitative estimate of drug-likeness (QED) is 0.283. The smallest absolute Gasteiger partial charge is 0.346 e. The number of rotatable bonds is 2. The van der Waals surface area contributed by atoms with Gasteiger partial charge < -0.3 is 18.9 Å². The van der Waals surface area contributed by atoms with Gasteiger partial charge in [-0.3, -0.25) is 19.2 Å². The standard InChI is InChI=1S/C17H8O6.C10H8O6.2C2H6/c18-14-10-3-1-8(6-12(10)16(20)22-14)5-9-2-4-11-13(7-9)17(21)23-15(11)19;11-7-3-1-4-6(10(14)16-8(4)12)2-5(3)9(13)15-7;2*1-2/h1-4,6-7H,5H2;3-6H,1-2H2;2*1-2H3. The summed E-state index contributed by atoms with van der Waals surface area (Å²) in [7, 11) is 0. The van der Waals surface area contributed by atoms with Crippen LogP contribution in [0.15, 0.2) is 36.4 Å². The Bertz CT molecular complexity index is 1420. The van der Waals surface area contributed by atoms with Gasteiger partial charge in [0.05, 0.1) is 45.9 Å². The van der Waals surface area contributed by atoms with Gasteiger partial charge in [-0.05, 0) is 54.7 Å². The van der Waals surface area contributed by atoms with E-state index in [-0.39, 0.29) is 35.1 Å². The molecule has 3 fully saturated rings. The molecule has 0 radical (unpaired) electrons. The highest BCUT2D eigenvalue weighted by molar-refractivity contribution is 6.15. The summed E-state index contributed by atoms with van der Waals surface area (Å²) in [5, 5.41) is 0. The number of cyclic esters (lactones) is 8. The molecule has 4 unspecified atom stereocenters. The summed E-state index contributed by atoms with van der Waals surface area (Å²) in [5.74, 6) is -7.24. The summed E-state index contributed by atoms with van der Waals surface area (Å²) in [6, 6.07) is 9.72. The predicted molar refractivity (Wildman–Crippen MR) is 143 cm³/mol. The molecule has 43 heavy (non-hydrogen) atoms. The minimum Gasteiger partial charge on any atom is -0.393 e. The molecule has 4 heterocycles. The van der Waals surface area contributed by atoms with E-state index in [1.165, 1.54) is 0 Å². The predicted octanol–water partition coefficient (Wildman–Crippen LogP) is 3.36. The third-order valence-electron chi connectivity index (χ3n) is 7.43. The van der Waals surface area contributed by atoms with Crippen molar-refractivity contribution in [2.75, 3.05) is 0 Å². The lowest BCUT2D eigenvalue weighted by Crippen LogP contribution is -2.35. The molecule has 4 atom stereocenters. The highest BCUT2D eigenvalue weighted by Gasteiger charge is 2.57. The first-order valence-electron chi connectivity index (χ1n) is 13.9. The van der Waals surface area contributed by atoms with E-state index in [0.29, 0.717) is 6.42 Å². The Kier molecular flexibility index (Phi) is 8.98. The van der Waals surface area contributed by atoms with Crippen LogP contribution in [0.2, 0.25) is 0 Å². The van der Waals surface area contributed by atoms with E-state index in [1.807, 2.05) is 27.7 Å². The average Bonchev–Trinajstić information content (AvgIpc) is 3.66. The van der Waals surface area contributed by atoms with Crippen molar-refractivity contribution < 1.29 is 57.3 Å². The number of carbonyl (C=O) groups is 8. The van der Waals surface area contributed by atoms with Gasteiger partial charge in [-0.2, -0.15) is 0 Å². The van der Waals surface area contributed by atoms with Gasteiger partial charge in [-0.15, -0.1) is 0 Å². The minimum atomic E-state index is -0.657. The Morgan fingerprint density at radius 1 is 0.465 bits per heavy atom. The monoisotopic (exact) mass is 592 g/mol. The molecule has 0 bridgehead atoms. The fraction of sp³-hybridized carbons (Fsp3) is 0.355. The van der Waals surface area contributed by atoms with E-state index in [9.17, 15) is 38.4 Å². The molecule has 0 amide bonds. The molecule has 12 heteroatoms. The van der Waals surface area contributed by atoms with Crippen LogP contribution in [-0.4, -0.2) is 47.8 Å². The Balaban J connectivity index is 0.000000185. The Morgan fingerprint density at radius 3 is 1.09 bits per heavy atom. The second kappa shape index (κ2) is 12.5. The Morgan fingerprint density at radius 2 is 0.767 bits per heavy atom. The number of fused-ring (bicyclic) bond motifs is 4. The van der Waals surface area contributed by atoms with Crippen molar-refractivity contribution in [1.82, 2.24) is 0 Å². The molecule has 7 rings (SSSR count). The first-order valence-corrected chi connectivity index (χ1v) is 13.9. The molecule has 224 valence electrons. The second-order valence-corrected chi connectivity index (χ2v) is 9.67. The first-order chi connectivity index (χ1) is 20.6. The van der Waals surface area contributed by atoms with Crippen LogP contribution in [0, 0.1) is 23.7 Å². The highest BCUT2D eigenvalue weighted by atomic mass is 16.6. The third-order valence-corrected chi connectivity index (χ3v) is 7.43.